The first-order chi connectivity index (χ1) is 4.86. The minimum Gasteiger partial charge on any atom is -0.331 e. The molecule has 0 radical (unpaired) electrons. The molecule has 0 amide bonds. The van der Waals surface area contributed by atoms with Gasteiger partial charge in [0.25, 0.3) is 0 Å². The first-order valence-corrected chi connectivity index (χ1v) is 3.62. The summed E-state index contributed by atoms with van der Waals surface area (Å²) in [6.45, 7) is 0. The van der Waals surface area contributed by atoms with Crippen LogP contribution in [0.2, 0.25) is 0 Å². The molecule has 0 saturated carbocycles. The molecule has 0 aromatic carbocycles. The number of nitrogens with zero attached hydrogens (tertiary/aromatic N) is 2. The van der Waals surface area contributed by atoms with Crippen LogP contribution in [0.25, 0.3) is 11.2 Å². The second-order valence-corrected chi connectivity index (χ2v) is 2.65. The number of pyridine rings is 1. The zero-order valence-corrected chi connectivity index (χ0v) is 8.71. The van der Waals surface area contributed by atoms with Gasteiger partial charge in [0.2, 0.25) is 0 Å². The van der Waals surface area contributed by atoms with Crippen molar-refractivity contribution < 1.29 is 0 Å². The Bertz CT molecular complexity index is 324. The number of hydrogen-bond donors (Lipinski definition) is 1. The van der Waals surface area contributed by atoms with Gasteiger partial charge in [0.05, 0.1) is 5.52 Å². The molecule has 0 aliphatic heterocycles. The minimum atomic E-state index is 0. The van der Waals surface area contributed by atoms with Crippen LogP contribution in [0, 0.1) is 0 Å². The molecule has 0 spiro atoms. The topological polar surface area (TPSA) is 41.6 Å². The fourth-order valence-corrected chi connectivity index (χ4v) is 1.20. The Morgan fingerprint density at radius 3 is 3.00 bits per heavy atom. The molecular weight excluding hydrogens is 274 g/mol. The Morgan fingerprint density at radius 1 is 1.45 bits per heavy atom. The lowest BCUT2D eigenvalue weighted by Gasteiger charge is -1.80. The van der Waals surface area contributed by atoms with Crippen molar-refractivity contribution >= 4 is 44.1 Å². The lowest BCUT2D eigenvalue weighted by atomic mass is 10.4. The van der Waals surface area contributed by atoms with Gasteiger partial charge in [-0.05, 0) is 28.1 Å². The number of aromatic amines is 1. The molecule has 2 heterocycles. The Labute approximate surface area is 82.1 Å². The minimum absolute atomic E-state index is 0. The lowest BCUT2D eigenvalue weighted by molar-refractivity contribution is 1.24. The number of aromatic nitrogens is 3. The molecule has 0 aliphatic carbocycles. The Morgan fingerprint density at radius 2 is 2.27 bits per heavy atom. The van der Waals surface area contributed by atoms with E-state index in [0.717, 1.165) is 15.9 Å². The number of nitrogens with one attached hydrogen (secondary N) is 1. The van der Waals surface area contributed by atoms with E-state index in [9.17, 15) is 0 Å². The number of H-pyrrole nitrogens is 1. The van der Waals surface area contributed by atoms with E-state index in [-0.39, 0.29) is 17.0 Å². The van der Waals surface area contributed by atoms with E-state index in [4.69, 9.17) is 0 Å². The van der Waals surface area contributed by atoms with Crippen molar-refractivity contribution in [2.45, 2.75) is 0 Å². The van der Waals surface area contributed by atoms with Crippen molar-refractivity contribution in [3.63, 3.8) is 0 Å². The van der Waals surface area contributed by atoms with E-state index in [1.54, 1.807) is 6.20 Å². The highest BCUT2D eigenvalue weighted by atomic mass is 79.9. The summed E-state index contributed by atoms with van der Waals surface area (Å²) in [5.41, 5.74) is 1.70. The molecule has 0 unspecified atom stereocenters. The van der Waals surface area contributed by atoms with E-state index in [1.807, 2.05) is 12.1 Å². The maximum Gasteiger partial charge on any atom is 0.178 e. The number of imidazole rings is 1. The molecule has 0 aliphatic rings. The Balaban J connectivity index is 0.000000605. The van der Waals surface area contributed by atoms with Crippen LogP contribution < -0.4 is 0 Å². The van der Waals surface area contributed by atoms with Crippen LogP contribution in [-0.4, -0.2) is 15.0 Å². The van der Waals surface area contributed by atoms with Gasteiger partial charge in [-0.2, -0.15) is 0 Å². The van der Waals surface area contributed by atoms with Gasteiger partial charge < -0.3 is 4.98 Å². The summed E-state index contributed by atoms with van der Waals surface area (Å²) in [5.74, 6) is 0. The van der Waals surface area contributed by atoms with Crippen LogP contribution in [0.15, 0.2) is 23.1 Å². The SMILES string of the molecule is Br.Brc1nc2ncccc2[nH]1. The van der Waals surface area contributed by atoms with Crippen molar-refractivity contribution in [1.82, 2.24) is 15.0 Å². The van der Waals surface area contributed by atoms with E-state index in [2.05, 4.69) is 30.9 Å². The van der Waals surface area contributed by atoms with Crippen LogP contribution in [-0.2, 0) is 0 Å². The standard InChI is InChI=1S/C6H4BrN3.BrH/c7-6-9-4-2-1-3-8-5(4)10-6;/h1-3H,(H,8,9,10);1H. The summed E-state index contributed by atoms with van der Waals surface area (Å²) in [6.07, 6.45) is 1.72. The molecule has 2 rings (SSSR count). The van der Waals surface area contributed by atoms with E-state index in [1.165, 1.54) is 0 Å². The fourth-order valence-electron chi connectivity index (χ4n) is 0.816. The zero-order valence-electron chi connectivity index (χ0n) is 5.41. The van der Waals surface area contributed by atoms with Crippen molar-refractivity contribution in [1.29, 1.82) is 0 Å². The molecule has 0 bridgehead atoms. The summed E-state index contributed by atoms with van der Waals surface area (Å²) < 4.78 is 0.723. The molecule has 58 valence electrons. The summed E-state index contributed by atoms with van der Waals surface area (Å²) in [5, 5.41) is 0. The van der Waals surface area contributed by atoms with Crippen LogP contribution in [0.5, 0.6) is 0 Å². The highest BCUT2D eigenvalue weighted by molar-refractivity contribution is 9.10. The summed E-state index contributed by atoms with van der Waals surface area (Å²) in [4.78, 5) is 11.1. The number of hydrogen-bond acceptors (Lipinski definition) is 2. The maximum absolute atomic E-state index is 4.06. The molecule has 0 atom stereocenters. The molecule has 2 aromatic rings. The van der Waals surface area contributed by atoms with Gasteiger partial charge in [-0.25, -0.2) is 9.97 Å². The van der Waals surface area contributed by atoms with Gasteiger partial charge in [0, 0.05) is 6.20 Å². The number of rotatable bonds is 0. The van der Waals surface area contributed by atoms with Gasteiger partial charge in [-0.15, -0.1) is 17.0 Å². The largest absolute Gasteiger partial charge is 0.331 e. The summed E-state index contributed by atoms with van der Waals surface area (Å²) in [6, 6.07) is 3.80. The van der Waals surface area contributed by atoms with E-state index >= 15 is 0 Å². The third-order valence-corrected chi connectivity index (χ3v) is 1.60. The predicted octanol–water partition coefficient (Wildman–Crippen LogP) is 2.30. The van der Waals surface area contributed by atoms with Gasteiger partial charge in [0.15, 0.2) is 10.4 Å². The molecule has 11 heavy (non-hydrogen) atoms. The summed E-state index contributed by atoms with van der Waals surface area (Å²) >= 11 is 3.22. The predicted molar refractivity (Wildman–Crippen MR) is 51.9 cm³/mol. The molecular formula is C6H5Br2N3. The third kappa shape index (κ3) is 1.59. The normalized spacial score (nSPS) is 9.55. The van der Waals surface area contributed by atoms with Crippen LogP contribution in [0.1, 0.15) is 0 Å². The zero-order chi connectivity index (χ0) is 6.97. The Hall–Kier alpha value is -0.420. The van der Waals surface area contributed by atoms with Crippen LogP contribution in [0.3, 0.4) is 0 Å². The van der Waals surface area contributed by atoms with Crippen LogP contribution in [0.4, 0.5) is 0 Å². The average Bonchev–Trinajstić information content (AvgIpc) is 2.27. The quantitative estimate of drug-likeness (QED) is 0.803. The molecule has 0 saturated heterocycles. The second kappa shape index (κ2) is 3.32. The maximum atomic E-state index is 4.06. The molecule has 1 N–H and O–H groups in total. The van der Waals surface area contributed by atoms with E-state index < -0.39 is 0 Å². The van der Waals surface area contributed by atoms with Crippen molar-refractivity contribution in [3.8, 4) is 0 Å². The third-order valence-electron chi connectivity index (χ3n) is 1.23. The molecule has 3 nitrogen and oxygen atoms in total. The van der Waals surface area contributed by atoms with Crippen molar-refractivity contribution in [3.05, 3.63) is 23.1 Å². The first-order valence-electron chi connectivity index (χ1n) is 2.82. The monoisotopic (exact) mass is 277 g/mol. The molecule has 2 aromatic heterocycles. The number of halogens is 2. The highest BCUT2D eigenvalue weighted by Crippen LogP contribution is 2.10. The smallest absolute Gasteiger partial charge is 0.178 e. The average molecular weight is 279 g/mol. The van der Waals surface area contributed by atoms with Gasteiger partial charge in [-0.1, -0.05) is 0 Å². The lowest BCUT2D eigenvalue weighted by Crippen LogP contribution is -1.71. The van der Waals surface area contributed by atoms with Gasteiger partial charge >= 0.3 is 0 Å². The highest BCUT2D eigenvalue weighted by Gasteiger charge is 1.96. The van der Waals surface area contributed by atoms with Gasteiger partial charge in [0.1, 0.15) is 0 Å². The van der Waals surface area contributed by atoms with Gasteiger partial charge in [-0.3, -0.25) is 0 Å². The fraction of sp³-hybridized carbons (Fsp3) is 0. The van der Waals surface area contributed by atoms with Crippen molar-refractivity contribution in [2.24, 2.45) is 0 Å². The molecule has 5 heteroatoms. The Kier molecular flexibility index (Phi) is 2.62. The van der Waals surface area contributed by atoms with Crippen LogP contribution >= 0.6 is 32.9 Å². The summed E-state index contributed by atoms with van der Waals surface area (Å²) in [7, 11) is 0. The second-order valence-electron chi connectivity index (χ2n) is 1.90. The van der Waals surface area contributed by atoms with E-state index in [0.29, 0.717) is 0 Å². The number of fused-ring (bicyclic) bond motifs is 1. The first kappa shape index (κ1) is 8.67. The van der Waals surface area contributed by atoms with Crippen molar-refractivity contribution in [2.75, 3.05) is 0 Å². The molecule has 0 fully saturated rings.